The van der Waals surface area contributed by atoms with Gasteiger partial charge in [0.25, 0.3) is 0 Å². The lowest BCUT2D eigenvalue weighted by atomic mass is 9.77. The van der Waals surface area contributed by atoms with Gasteiger partial charge in [-0.3, -0.25) is 14.5 Å². The van der Waals surface area contributed by atoms with Crippen LogP contribution in [-0.4, -0.2) is 50.2 Å². The molecule has 1 heterocycles. The van der Waals surface area contributed by atoms with E-state index in [1.165, 1.54) is 6.92 Å². The average Bonchev–Trinajstić information content (AvgIpc) is 2.62. The number of nitrogens with zero attached hydrogens (tertiary/aromatic N) is 1. The number of hydrogen-bond donors (Lipinski definition) is 1. The molecule has 26 heavy (non-hydrogen) atoms. The van der Waals surface area contributed by atoms with E-state index >= 15 is 0 Å². The summed E-state index contributed by atoms with van der Waals surface area (Å²) in [6.45, 7) is 6.71. The Kier molecular flexibility index (Phi) is 7.60. The van der Waals surface area contributed by atoms with Crippen LogP contribution in [0.5, 0.6) is 0 Å². The van der Waals surface area contributed by atoms with E-state index in [4.69, 9.17) is 9.47 Å². The van der Waals surface area contributed by atoms with Crippen molar-refractivity contribution in [2.45, 2.75) is 39.7 Å². The molecule has 0 saturated carbocycles. The largest absolute Gasteiger partial charge is 0.466 e. The van der Waals surface area contributed by atoms with Crippen molar-refractivity contribution in [1.82, 2.24) is 4.90 Å². The summed E-state index contributed by atoms with van der Waals surface area (Å²) in [5.41, 5.74) is 1.46. The summed E-state index contributed by atoms with van der Waals surface area (Å²) in [5.74, 6) is -0.186. The molecule has 144 valence electrons. The number of carbonyl (C=O) groups excluding carboxylic acids is 2. The summed E-state index contributed by atoms with van der Waals surface area (Å²) in [5, 5.41) is 2.77. The Balaban J connectivity index is 2.04. The van der Waals surface area contributed by atoms with Crippen LogP contribution in [0.25, 0.3) is 0 Å². The molecule has 1 aliphatic heterocycles. The van der Waals surface area contributed by atoms with Crippen LogP contribution in [0, 0.1) is 5.41 Å². The lowest BCUT2D eigenvalue weighted by Crippen LogP contribution is -2.48. The van der Waals surface area contributed by atoms with Gasteiger partial charge in [0, 0.05) is 39.4 Å². The summed E-state index contributed by atoms with van der Waals surface area (Å²) < 4.78 is 10.6. The number of hydrogen-bond acceptors (Lipinski definition) is 5. The number of likely N-dealkylation sites (tertiary alicyclic amines) is 1. The first-order valence-electron chi connectivity index (χ1n) is 9.24. The zero-order valence-electron chi connectivity index (χ0n) is 16.0. The molecule has 2 rings (SSSR count). The maximum absolute atomic E-state index is 12.6. The van der Waals surface area contributed by atoms with Crippen LogP contribution >= 0.6 is 0 Å². The minimum absolute atomic E-state index is 0.0776. The molecule has 1 fully saturated rings. The monoisotopic (exact) mass is 362 g/mol. The Morgan fingerprint density at radius 3 is 2.62 bits per heavy atom. The van der Waals surface area contributed by atoms with Gasteiger partial charge in [-0.1, -0.05) is 12.1 Å². The normalized spacial score (nSPS) is 20.6. The standard InChI is InChI=1S/C20H30N2O4/c1-4-26-19(24)20(11-13-25-3)10-5-12-22(15-20)14-17-6-8-18(9-7-17)21-16(2)23/h6-9H,4-5,10-15H2,1-3H3,(H,21,23)/t20-/m1/s1. The lowest BCUT2D eigenvalue weighted by Gasteiger charge is -2.41. The van der Waals surface area contributed by atoms with Gasteiger partial charge in [0.15, 0.2) is 0 Å². The van der Waals surface area contributed by atoms with Crippen molar-refractivity contribution in [3.8, 4) is 0 Å². The fourth-order valence-corrected chi connectivity index (χ4v) is 3.57. The Bertz CT molecular complexity index is 602. The molecule has 1 N–H and O–H groups in total. The quantitative estimate of drug-likeness (QED) is 0.720. The van der Waals surface area contributed by atoms with E-state index < -0.39 is 5.41 Å². The average molecular weight is 362 g/mol. The first kappa shape index (κ1) is 20.4. The Morgan fingerprint density at radius 1 is 1.27 bits per heavy atom. The summed E-state index contributed by atoms with van der Waals surface area (Å²) in [6.07, 6.45) is 2.49. The highest BCUT2D eigenvalue weighted by Gasteiger charge is 2.43. The van der Waals surface area contributed by atoms with Crippen molar-refractivity contribution in [2.24, 2.45) is 5.41 Å². The number of nitrogens with one attached hydrogen (secondary N) is 1. The van der Waals surface area contributed by atoms with Crippen molar-refractivity contribution in [1.29, 1.82) is 0 Å². The minimum Gasteiger partial charge on any atom is -0.466 e. The van der Waals surface area contributed by atoms with Crippen molar-refractivity contribution in [3.05, 3.63) is 29.8 Å². The summed E-state index contributed by atoms with van der Waals surface area (Å²) >= 11 is 0. The second-order valence-corrected chi connectivity index (χ2v) is 6.94. The predicted molar refractivity (Wildman–Crippen MR) is 101 cm³/mol. The van der Waals surface area contributed by atoms with E-state index in [9.17, 15) is 9.59 Å². The van der Waals surface area contributed by atoms with Crippen LogP contribution < -0.4 is 5.32 Å². The van der Waals surface area contributed by atoms with Gasteiger partial charge in [-0.05, 0) is 50.4 Å². The van der Waals surface area contributed by atoms with Gasteiger partial charge < -0.3 is 14.8 Å². The highest BCUT2D eigenvalue weighted by atomic mass is 16.5. The first-order chi connectivity index (χ1) is 12.5. The van der Waals surface area contributed by atoms with Crippen molar-refractivity contribution >= 4 is 17.6 Å². The van der Waals surface area contributed by atoms with E-state index in [2.05, 4.69) is 10.2 Å². The molecule has 0 radical (unpaired) electrons. The van der Waals surface area contributed by atoms with E-state index in [0.717, 1.165) is 37.2 Å². The molecule has 0 aromatic heterocycles. The predicted octanol–water partition coefficient (Wildman–Crippen LogP) is 2.83. The molecule has 0 unspecified atom stereocenters. The number of ether oxygens (including phenoxy) is 2. The number of benzene rings is 1. The van der Waals surface area contributed by atoms with E-state index in [0.29, 0.717) is 26.2 Å². The zero-order chi connectivity index (χ0) is 19.0. The smallest absolute Gasteiger partial charge is 0.313 e. The molecule has 0 aliphatic carbocycles. The third-order valence-electron chi connectivity index (χ3n) is 4.83. The molecule has 6 nitrogen and oxygen atoms in total. The van der Waals surface area contributed by atoms with Crippen molar-refractivity contribution < 1.29 is 19.1 Å². The molecule has 1 saturated heterocycles. The van der Waals surface area contributed by atoms with Gasteiger partial charge in [0.05, 0.1) is 12.0 Å². The maximum atomic E-state index is 12.6. The van der Waals surface area contributed by atoms with Crippen LogP contribution in [0.1, 0.15) is 38.7 Å². The number of methoxy groups -OCH3 is 1. The number of esters is 1. The van der Waals surface area contributed by atoms with Gasteiger partial charge in [-0.15, -0.1) is 0 Å². The molecule has 1 atom stereocenters. The Morgan fingerprint density at radius 2 is 2.00 bits per heavy atom. The minimum atomic E-state index is -0.486. The second-order valence-electron chi connectivity index (χ2n) is 6.94. The molecular weight excluding hydrogens is 332 g/mol. The number of anilines is 1. The molecule has 1 amide bonds. The number of piperidine rings is 1. The van der Waals surface area contributed by atoms with Crippen LogP contribution in [0.2, 0.25) is 0 Å². The van der Waals surface area contributed by atoms with Gasteiger partial charge >= 0.3 is 5.97 Å². The van der Waals surface area contributed by atoms with Crippen LogP contribution in [0.15, 0.2) is 24.3 Å². The molecule has 0 spiro atoms. The third-order valence-corrected chi connectivity index (χ3v) is 4.83. The fraction of sp³-hybridized carbons (Fsp3) is 0.600. The summed E-state index contributed by atoms with van der Waals surface area (Å²) in [4.78, 5) is 26.1. The highest BCUT2D eigenvalue weighted by molar-refractivity contribution is 5.88. The molecule has 0 bridgehead atoms. The van der Waals surface area contributed by atoms with Gasteiger partial charge in [0.2, 0.25) is 5.91 Å². The lowest BCUT2D eigenvalue weighted by molar-refractivity contribution is -0.160. The number of carbonyl (C=O) groups is 2. The molecule has 1 aromatic carbocycles. The van der Waals surface area contributed by atoms with Gasteiger partial charge in [-0.2, -0.15) is 0 Å². The Hall–Kier alpha value is -1.92. The maximum Gasteiger partial charge on any atom is 0.313 e. The fourth-order valence-electron chi connectivity index (χ4n) is 3.57. The summed E-state index contributed by atoms with van der Waals surface area (Å²) in [6, 6.07) is 7.84. The van der Waals surface area contributed by atoms with Gasteiger partial charge in [-0.25, -0.2) is 0 Å². The van der Waals surface area contributed by atoms with Crippen molar-refractivity contribution in [2.75, 3.05) is 38.7 Å². The van der Waals surface area contributed by atoms with E-state index in [1.54, 1.807) is 7.11 Å². The molecule has 1 aromatic rings. The number of rotatable bonds is 8. The molecular formula is C20H30N2O4. The topological polar surface area (TPSA) is 67.9 Å². The molecule has 1 aliphatic rings. The number of amides is 1. The second kappa shape index (κ2) is 9.69. The summed E-state index contributed by atoms with van der Waals surface area (Å²) in [7, 11) is 1.66. The first-order valence-corrected chi connectivity index (χ1v) is 9.24. The zero-order valence-corrected chi connectivity index (χ0v) is 16.0. The van der Waals surface area contributed by atoms with Crippen LogP contribution in [0.3, 0.4) is 0 Å². The van der Waals surface area contributed by atoms with Gasteiger partial charge in [0.1, 0.15) is 0 Å². The Labute approximate surface area is 155 Å². The van der Waals surface area contributed by atoms with E-state index in [-0.39, 0.29) is 11.9 Å². The molecule has 6 heteroatoms. The third kappa shape index (κ3) is 5.54. The van der Waals surface area contributed by atoms with Crippen LogP contribution in [-0.2, 0) is 25.6 Å². The SMILES string of the molecule is CCOC(=O)[C@@]1(CCOC)CCCN(Cc2ccc(NC(C)=O)cc2)C1. The van der Waals surface area contributed by atoms with Crippen molar-refractivity contribution in [3.63, 3.8) is 0 Å². The van der Waals surface area contributed by atoms with E-state index in [1.807, 2.05) is 31.2 Å². The highest BCUT2D eigenvalue weighted by Crippen LogP contribution is 2.35. The van der Waals surface area contributed by atoms with Crippen LogP contribution in [0.4, 0.5) is 5.69 Å².